The van der Waals surface area contributed by atoms with E-state index < -0.39 is 0 Å². The maximum Gasteiger partial charge on any atom is 0.164 e. The van der Waals surface area contributed by atoms with E-state index >= 15 is 0 Å². The number of nitrogens with zero attached hydrogens (tertiary/aromatic N) is 4. The zero-order valence-corrected chi connectivity index (χ0v) is 13.6. The van der Waals surface area contributed by atoms with Crippen LogP contribution in [0, 0.1) is 3.57 Å². The minimum absolute atomic E-state index is 0.0694. The van der Waals surface area contributed by atoms with Crippen LogP contribution in [0.1, 0.15) is 26.5 Å². The number of hydrogen-bond donors (Lipinski definition) is 0. The van der Waals surface area contributed by atoms with Crippen LogP contribution >= 0.6 is 34.2 Å². The Morgan fingerprint density at radius 3 is 2.44 bits per heavy atom. The van der Waals surface area contributed by atoms with Crippen LogP contribution in [-0.2, 0) is 12.5 Å². The lowest BCUT2D eigenvalue weighted by molar-refractivity contribution is 0.563. The quantitative estimate of drug-likeness (QED) is 0.566. The first-order chi connectivity index (χ1) is 8.29. The SMILES string of the molecule is Cn1cc(-c2nc(Cl)c(I)c(C(C)(C)C)n2)cn1. The van der Waals surface area contributed by atoms with Gasteiger partial charge in [0.05, 0.1) is 21.0 Å². The van der Waals surface area contributed by atoms with Crippen LogP contribution < -0.4 is 0 Å². The van der Waals surface area contributed by atoms with Crippen LogP contribution in [0.3, 0.4) is 0 Å². The van der Waals surface area contributed by atoms with Crippen molar-refractivity contribution in [2.24, 2.45) is 7.05 Å². The van der Waals surface area contributed by atoms with E-state index in [1.807, 2.05) is 13.2 Å². The van der Waals surface area contributed by atoms with Crippen LogP contribution in [0.25, 0.3) is 11.4 Å². The first-order valence-corrected chi connectivity index (χ1v) is 6.97. The maximum absolute atomic E-state index is 6.20. The summed E-state index contributed by atoms with van der Waals surface area (Å²) in [6.45, 7) is 6.34. The summed E-state index contributed by atoms with van der Waals surface area (Å²) in [7, 11) is 1.86. The molecule has 96 valence electrons. The molecule has 18 heavy (non-hydrogen) atoms. The van der Waals surface area contributed by atoms with Crippen molar-refractivity contribution < 1.29 is 0 Å². The molecule has 0 atom stereocenters. The van der Waals surface area contributed by atoms with E-state index in [2.05, 4.69) is 58.4 Å². The van der Waals surface area contributed by atoms with Crippen molar-refractivity contribution in [2.75, 3.05) is 0 Å². The topological polar surface area (TPSA) is 43.6 Å². The molecule has 0 saturated carbocycles. The van der Waals surface area contributed by atoms with Gasteiger partial charge in [-0.3, -0.25) is 4.68 Å². The Bertz CT molecular complexity index is 586. The summed E-state index contributed by atoms with van der Waals surface area (Å²) in [4.78, 5) is 8.96. The van der Waals surface area contributed by atoms with E-state index in [-0.39, 0.29) is 5.41 Å². The van der Waals surface area contributed by atoms with Crippen molar-refractivity contribution >= 4 is 34.2 Å². The number of rotatable bonds is 1. The van der Waals surface area contributed by atoms with Crippen molar-refractivity contribution in [1.82, 2.24) is 19.7 Å². The number of halogens is 2. The highest BCUT2D eigenvalue weighted by molar-refractivity contribution is 14.1. The van der Waals surface area contributed by atoms with Gasteiger partial charge in [-0.2, -0.15) is 5.10 Å². The molecule has 0 aliphatic heterocycles. The average molecular weight is 377 g/mol. The van der Waals surface area contributed by atoms with Gasteiger partial charge in [-0.1, -0.05) is 32.4 Å². The van der Waals surface area contributed by atoms with Crippen LogP contribution in [-0.4, -0.2) is 19.7 Å². The van der Waals surface area contributed by atoms with Crippen molar-refractivity contribution in [2.45, 2.75) is 26.2 Å². The van der Waals surface area contributed by atoms with E-state index in [1.165, 1.54) is 0 Å². The lowest BCUT2D eigenvalue weighted by Crippen LogP contribution is -2.17. The van der Waals surface area contributed by atoms with Gasteiger partial charge in [-0.05, 0) is 22.6 Å². The molecule has 0 aromatic carbocycles. The van der Waals surface area contributed by atoms with Gasteiger partial charge in [-0.25, -0.2) is 9.97 Å². The minimum atomic E-state index is -0.0694. The lowest BCUT2D eigenvalue weighted by atomic mass is 9.92. The Morgan fingerprint density at radius 1 is 1.28 bits per heavy atom. The second-order valence-corrected chi connectivity index (χ2v) is 6.59. The third-order valence-electron chi connectivity index (χ3n) is 2.48. The summed E-state index contributed by atoms with van der Waals surface area (Å²) in [6.07, 6.45) is 3.62. The summed E-state index contributed by atoms with van der Waals surface area (Å²) in [5.74, 6) is 0.624. The molecule has 0 bridgehead atoms. The smallest absolute Gasteiger partial charge is 0.164 e. The molecule has 2 rings (SSSR count). The normalized spacial score (nSPS) is 11.9. The first kappa shape index (κ1) is 13.7. The van der Waals surface area contributed by atoms with Crippen LogP contribution in [0.5, 0.6) is 0 Å². The molecule has 2 aromatic heterocycles. The fraction of sp³-hybridized carbons (Fsp3) is 0.417. The van der Waals surface area contributed by atoms with Crippen LogP contribution in [0.4, 0.5) is 0 Å². The standard InChI is InChI=1S/C12H14ClIN4/c1-12(2,3)9-8(14)10(13)17-11(16-9)7-5-15-18(4)6-7/h5-6H,1-4H3. The van der Waals surface area contributed by atoms with E-state index in [1.54, 1.807) is 10.9 Å². The monoisotopic (exact) mass is 376 g/mol. The maximum atomic E-state index is 6.20. The third-order valence-corrected chi connectivity index (χ3v) is 4.10. The number of aromatic nitrogens is 4. The van der Waals surface area contributed by atoms with Gasteiger partial charge in [0.25, 0.3) is 0 Å². The predicted molar refractivity (Wildman–Crippen MR) is 80.7 cm³/mol. The molecule has 0 aliphatic rings. The molecule has 0 aliphatic carbocycles. The molecule has 0 saturated heterocycles. The average Bonchev–Trinajstić information content (AvgIpc) is 2.67. The van der Waals surface area contributed by atoms with Gasteiger partial charge in [0, 0.05) is 18.7 Å². The van der Waals surface area contributed by atoms with Crippen LogP contribution in [0.15, 0.2) is 12.4 Å². The van der Waals surface area contributed by atoms with Gasteiger partial charge in [-0.15, -0.1) is 0 Å². The van der Waals surface area contributed by atoms with Crippen molar-refractivity contribution in [3.63, 3.8) is 0 Å². The molecular formula is C12H14ClIN4. The Labute approximate surface area is 125 Å². The van der Waals surface area contributed by atoms with Gasteiger partial charge in [0.2, 0.25) is 0 Å². The van der Waals surface area contributed by atoms with E-state index in [9.17, 15) is 0 Å². The summed E-state index contributed by atoms with van der Waals surface area (Å²) in [6, 6.07) is 0. The summed E-state index contributed by atoms with van der Waals surface area (Å²) >= 11 is 8.39. The molecule has 4 nitrogen and oxygen atoms in total. The first-order valence-electron chi connectivity index (χ1n) is 5.51. The molecule has 0 radical (unpaired) electrons. The largest absolute Gasteiger partial charge is 0.275 e. The third kappa shape index (κ3) is 2.66. The van der Waals surface area contributed by atoms with Gasteiger partial charge >= 0.3 is 0 Å². The number of aryl methyl sites for hydroxylation is 1. The molecular weight excluding hydrogens is 363 g/mol. The Morgan fingerprint density at radius 2 is 1.94 bits per heavy atom. The highest BCUT2D eigenvalue weighted by atomic mass is 127. The second kappa shape index (κ2) is 4.77. The number of hydrogen-bond acceptors (Lipinski definition) is 3. The summed E-state index contributed by atoms with van der Waals surface area (Å²) < 4.78 is 2.64. The fourth-order valence-electron chi connectivity index (χ4n) is 1.58. The Kier molecular flexibility index (Phi) is 3.64. The highest BCUT2D eigenvalue weighted by Gasteiger charge is 2.23. The summed E-state index contributed by atoms with van der Waals surface area (Å²) in [5.41, 5.74) is 1.77. The predicted octanol–water partition coefficient (Wildman–Crippen LogP) is 3.43. The Balaban J connectivity index is 2.61. The van der Waals surface area contributed by atoms with Gasteiger partial charge in [0.15, 0.2) is 5.82 Å². The highest BCUT2D eigenvalue weighted by Crippen LogP contribution is 2.31. The molecule has 0 fully saturated rings. The second-order valence-electron chi connectivity index (χ2n) is 5.15. The van der Waals surface area contributed by atoms with E-state index in [0.29, 0.717) is 11.0 Å². The van der Waals surface area contributed by atoms with Gasteiger partial charge < -0.3 is 0 Å². The molecule has 6 heteroatoms. The molecule has 2 heterocycles. The molecule has 0 N–H and O–H groups in total. The van der Waals surface area contributed by atoms with Crippen molar-refractivity contribution in [3.05, 3.63) is 26.8 Å². The molecule has 0 unspecified atom stereocenters. The van der Waals surface area contributed by atoms with E-state index in [4.69, 9.17) is 11.6 Å². The fourth-order valence-corrected chi connectivity index (χ4v) is 2.80. The Hall–Kier alpha value is -0.690. The zero-order chi connectivity index (χ0) is 13.5. The lowest BCUT2D eigenvalue weighted by Gasteiger charge is -2.20. The van der Waals surface area contributed by atoms with E-state index in [0.717, 1.165) is 14.8 Å². The van der Waals surface area contributed by atoms with Crippen molar-refractivity contribution in [3.8, 4) is 11.4 Å². The minimum Gasteiger partial charge on any atom is -0.275 e. The van der Waals surface area contributed by atoms with Crippen molar-refractivity contribution in [1.29, 1.82) is 0 Å². The molecule has 2 aromatic rings. The van der Waals surface area contributed by atoms with Gasteiger partial charge in [0.1, 0.15) is 5.15 Å². The molecule has 0 amide bonds. The summed E-state index contributed by atoms with van der Waals surface area (Å²) in [5, 5.41) is 4.62. The zero-order valence-electron chi connectivity index (χ0n) is 10.7. The van der Waals surface area contributed by atoms with Crippen LogP contribution in [0.2, 0.25) is 5.15 Å². The molecule has 0 spiro atoms.